The third kappa shape index (κ3) is 7.06. The van der Waals surface area contributed by atoms with Crippen LogP contribution in [0.4, 0.5) is 0 Å². The Morgan fingerprint density at radius 1 is 1.11 bits per heavy atom. The zero-order valence-electron chi connectivity index (χ0n) is 16.7. The number of carbonyl (C=O) groups is 1. The number of nitrogens with one attached hydrogen (secondary N) is 1. The second-order valence-electron chi connectivity index (χ2n) is 6.71. The van der Waals surface area contributed by atoms with Gasteiger partial charge in [0.1, 0.15) is 5.75 Å². The lowest BCUT2D eigenvalue weighted by molar-refractivity contribution is 0.0937. The van der Waals surface area contributed by atoms with E-state index in [9.17, 15) is 4.79 Å². The molecule has 0 spiro atoms. The Morgan fingerprint density at radius 2 is 1.89 bits per heavy atom. The summed E-state index contributed by atoms with van der Waals surface area (Å²) in [5, 5.41) is 3.09. The summed E-state index contributed by atoms with van der Waals surface area (Å²) in [7, 11) is 0. The maximum Gasteiger partial charge on any atom is 0.251 e. The largest absolute Gasteiger partial charge is 0.494 e. The van der Waals surface area contributed by atoms with Gasteiger partial charge >= 0.3 is 0 Å². The molecular weight excluding hydrogens is 338 g/mol. The highest BCUT2D eigenvalue weighted by atomic mass is 16.5. The highest BCUT2D eigenvalue weighted by Crippen LogP contribution is 2.22. The Kier molecular flexibility index (Phi) is 8.85. The number of carbonyl (C=O) groups excluding carboxylic acids is 1. The molecule has 27 heavy (non-hydrogen) atoms. The molecule has 1 amide bonds. The van der Waals surface area contributed by atoms with Gasteiger partial charge < -0.3 is 14.8 Å². The predicted octanol–water partition coefficient (Wildman–Crippen LogP) is 4.76. The van der Waals surface area contributed by atoms with Crippen LogP contribution in [0.15, 0.2) is 48.5 Å². The number of hydrogen-bond acceptors (Lipinski definition) is 3. The molecule has 0 saturated carbocycles. The molecule has 2 rings (SSSR count). The number of rotatable bonds is 11. The van der Waals surface area contributed by atoms with Gasteiger partial charge in [0.25, 0.3) is 5.91 Å². The van der Waals surface area contributed by atoms with E-state index in [1.807, 2.05) is 50.2 Å². The van der Waals surface area contributed by atoms with Crippen molar-refractivity contribution in [1.82, 2.24) is 5.32 Å². The molecule has 146 valence electrons. The van der Waals surface area contributed by atoms with Crippen LogP contribution in [-0.4, -0.2) is 25.2 Å². The summed E-state index contributed by atoms with van der Waals surface area (Å²) < 4.78 is 11.3. The van der Waals surface area contributed by atoms with E-state index in [1.165, 1.54) is 5.56 Å². The third-order valence-corrected chi connectivity index (χ3v) is 4.31. The van der Waals surface area contributed by atoms with Crippen LogP contribution in [0, 0.1) is 0 Å². The molecule has 0 aliphatic heterocycles. The van der Waals surface area contributed by atoms with Gasteiger partial charge in [-0.05, 0) is 56.9 Å². The second-order valence-corrected chi connectivity index (χ2v) is 6.71. The molecule has 0 bridgehead atoms. The normalized spacial score (nSPS) is 11.8. The Morgan fingerprint density at radius 3 is 2.59 bits per heavy atom. The van der Waals surface area contributed by atoms with Gasteiger partial charge in [0.15, 0.2) is 0 Å². The van der Waals surface area contributed by atoms with Crippen LogP contribution >= 0.6 is 0 Å². The zero-order chi connectivity index (χ0) is 19.5. The van der Waals surface area contributed by atoms with Crippen LogP contribution in [0.2, 0.25) is 0 Å². The van der Waals surface area contributed by atoms with Crippen molar-refractivity contribution in [3.63, 3.8) is 0 Å². The van der Waals surface area contributed by atoms with Crippen molar-refractivity contribution in [2.45, 2.75) is 52.7 Å². The molecule has 2 aromatic rings. The predicted molar refractivity (Wildman–Crippen MR) is 109 cm³/mol. The van der Waals surface area contributed by atoms with Crippen LogP contribution in [0.5, 0.6) is 5.75 Å². The van der Waals surface area contributed by atoms with Crippen LogP contribution in [0.3, 0.4) is 0 Å². The summed E-state index contributed by atoms with van der Waals surface area (Å²) in [6, 6.07) is 16.0. The van der Waals surface area contributed by atoms with Crippen molar-refractivity contribution in [2.75, 3.05) is 13.2 Å². The van der Waals surface area contributed by atoms with Gasteiger partial charge in [0.2, 0.25) is 0 Å². The Bertz CT molecular complexity index is 700. The van der Waals surface area contributed by atoms with E-state index in [0.29, 0.717) is 25.4 Å². The molecule has 0 aliphatic carbocycles. The highest BCUT2D eigenvalue weighted by Gasteiger charge is 2.13. The average molecular weight is 370 g/mol. The minimum atomic E-state index is -0.0599. The first-order valence-electron chi connectivity index (χ1n) is 9.82. The van der Waals surface area contributed by atoms with Gasteiger partial charge in [-0.15, -0.1) is 0 Å². The van der Waals surface area contributed by atoms with Gasteiger partial charge in [-0.3, -0.25) is 4.79 Å². The van der Waals surface area contributed by atoms with E-state index < -0.39 is 0 Å². The van der Waals surface area contributed by atoms with E-state index in [2.05, 4.69) is 24.4 Å². The molecule has 0 aromatic heterocycles. The van der Waals surface area contributed by atoms with Gasteiger partial charge in [0.05, 0.1) is 13.2 Å². The molecule has 1 N–H and O–H groups in total. The lowest BCUT2D eigenvalue weighted by Gasteiger charge is -2.16. The molecule has 4 heteroatoms. The van der Waals surface area contributed by atoms with Gasteiger partial charge in [-0.25, -0.2) is 0 Å². The number of hydrogen-bond donors (Lipinski definition) is 1. The van der Waals surface area contributed by atoms with Crippen LogP contribution in [-0.2, 0) is 17.8 Å². The summed E-state index contributed by atoms with van der Waals surface area (Å²) in [5.41, 5.74) is 2.84. The van der Waals surface area contributed by atoms with E-state index in [1.54, 1.807) is 0 Å². The molecule has 0 aliphatic rings. The molecule has 4 nitrogen and oxygen atoms in total. The fraction of sp³-hybridized carbons (Fsp3) is 0.435. The minimum Gasteiger partial charge on any atom is -0.494 e. The quantitative estimate of drug-likeness (QED) is 0.581. The Labute approximate surface area is 162 Å². The van der Waals surface area contributed by atoms with Crippen molar-refractivity contribution in [1.29, 1.82) is 0 Å². The second kappa shape index (κ2) is 11.4. The number of ether oxygens (including phenoxy) is 2. The minimum absolute atomic E-state index is 0.0599. The number of amides is 1. The number of aryl methyl sites for hydroxylation is 1. The molecule has 0 unspecified atom stereocenters. The third-order valence-electron chi connectivity index (χ3n) is 4.31. The van der Waals surface area contributed by atoms with Gasteiger partial charge in [0, 0.05) is 23.8 Å². The van der Waals surface area contributed by atoms with Crippen molar-refractivity contribution in [3.8, 4) is 5.75 Å². The summed E-state index contributed by atoms with van der Waals surface area (Å²) >= 11 is 0. The first-order valence-corrected chi connectivity index (χ1v) is 9.82. The molecule has 1 atom stereocenters. The van der Waals surface area contributed by atoms with E-state index in [4.69, 9.17) is 9.47 Å². The van der Waals surface area contributed by atoms with E-state index in [-0.39, 0.29) is 11.9 Å². The molecule has 0 radical (unpaired) electrons. The zero-order valence-corrected chi connectivity index (χ0v) is 16.7. The summed E-state index contributed by atoms with van der Waals surface area (Å²) in [4.78, 5) is 12.6. The van der Waals surface area contributed by atoms with E-state index in [0.717, 1.165) is 30.6 Å². The first kappa shape index (κ1) is 21.0. The fourth-order valence-electron chi connectivity index (χ4n) is 2.86. The first-order chi connectivity index (χ1) is 13.1. The monoisotopic (exact) mass is 369 g/mol. The SMILES string of the molecule is CCCOCc1cc(C(=O)N[C@@H](C)CCc2ccccc2)ccc1OCC. The van der Waals surface area contributed by atoms with Crippen molar-refractivity contribution < 1.29 is 14.3 Å². The number of benzene rings is 2. The Balaban J connectivity index is 1.96. The molecule has 2 aromatic carbocycles. The fourth-order valence-corrected chi connectivity index (χ4v) is 2.86. The summed E-state index contributed by atoms with van der Waals surface area (Å²) in [6.45, 7) is 7.80. The summed E-state index contributed by atoms with van der Waals surface area (Å²) in [5.74, 6) is 0.720. The maximum absolute atomic E-state index is 12.6. The molecule has 0 fully saturated rings. The van der Waals surface area contributed by atoms with Gasteiger partial charge in [-0.2, -0.15) is 0 Å². The maximum atomic E-state index is 12.6. The van der Waals surface area contributed by atoms with Crippen LogP contribution < -0.4 is 10.1 Å². The molecular formula is C23H31NO3. The Hall–Kier alpha value is -2.33. The lowest BCUT2D eigenvalue weighted by Crippen LogP contribution is -2.33. The highest BCUT2D eigenvalue weighted by molar-refractivity contribution is 5.94. The van der Waals surface area contributed by atoms with Crippen molar-refractivity contribution in [2.24, 2.45) is 0 Å². The smallest absolute Gasteiger partial charge is 0.251 e. The van der Waals surface area contributed by atoms with Gasteiger partial charge in [-0.1, -0.05) is 37.3 Å². The van der Waals surface area contributed by atoms with Crippen LogP contribution in [0.25, 0.3) is 0 Å². The lowest BCUT2D eigenvalue weighted by atomic mass is 10.1. The molecule has 0 saturated heterocycles. The standard InChI is InChI=1S/C23H31NO3/c1-4-15-26-17-21-16-20(13-14-22(21)27-5-2)23(25)24-18(3)11-12-19-9-7-6-8-10-19/h6-10,13-14,16,18H,4-5,11-12,15,17H2,1-3H3,(H,24,25)/t18-/m0/s1. The average Bonchev–Trinajstić information content (AvgIpc) is 2.68. The van der Waals surface area contributed by atoms with Crippen LogP contribution in [0.1, 0.15) is 55.1 Å². The van der Waals surface area contributed by atoms with Crippen molar-refractivity contribution in [3.05, 3.63) is 65.2 Å². The summed E-state index contributed by atoms with van der Waals surface area (Å²) in [6.07, 6.45) is 2.81. The van der Waals surface area contributed by atoms with E-state index >= 15 is 0 Å². The van der Waals surface area contributed by atoms with Crippen molar-refractivity contribution >= 4 is 5.91 Å². The topological polar surface area (TPSA) is 47.6 Å². The molecule has 0 heterocycles.